The van der Waals surface area contributed by atoms with Gasteiger partial charge in [-0.15, -0.1) is 0 Å². The topological polar surface area (TPSA) is 37.3 Å². The van der Waals surface area contributed by atoms with E-state index >= 15 is 0 Å². The second-order valence-electron chi connectivity index (χ2n) is 2.15. The molecule has 0 saturated carbocycles. The Morgan fingerprint density at radius 2 is 1.85 bits per heavy atom. The predicted octanol–water partition coefficient (Wildman–Crippen LogP) is 3.48. The molecule has 0 spiro atoms. The summed E-state index contributed by atoms with van der Waals surface area (Å²) in [6.45, 7) is 0. The average molecular weight is 243 g/mol. The van der Waals surface area contributed by atoms with Crippen molar-refractivity contribution in [2.75, 3.05) is 0 Å². The van der Waals surface area contributed by atoms with Crippen LogP contribution in [0.5, 0.6) is 0 Å². The summed E-state index contributed by atoms with van der Waals surface area (Å²) in [4.78, 5) is 10.5. The Morgan fingerprint density at radius 3 is 2.31 bits per heavy atom. The Kier molecular flexibility index (Phi) is 3.01. The van der Waals surface area contributed by atoms with E-state index in [1.54, 1.807) is 0 Å². The molecular weight excluding hydrogens is 241 g/mol. The quantitative estimate of drug-likeness (QED) is 0.605. The molecule has 2 nitrogen and oxygen atoms in total. The largest absolute Gasteiger partial charge is 0.478 e. The minimum absolute atomic E-state index is 0.321. The summed E-state index contributed by atoms with van der Waals surface area (Å²) in [5, 5.41) is 7.38. The summed E-state index contributed by atoms with van der Waals surface area (Å²) in [5.41, 5.74) is -0.321. The summed E-state index contributed by atoms with van der Waals surface area (Å²) < 4.78 is 12.9. The number of hydrogen-bond acceptors (Lipinski definition) is 1. The van der Waals surface area contributed by atoms with Crippen molar-refractivity contribution in [2.45, 2.75) is 0 Å². The molecule has 0 amide bonds. The van der Waals surface area contributed by atoms with Crippen LogP contribution in [0.2, 0.25) is 15.1 Å². The van der Waals surface area contributed by atoms with Gasteiger partial charge in [-0.25, -0.2) is 9.18 Å². The van der Waals surface area contributed by atoms with Gasteiger partial charge in [-0.05, 0) is 6.07 Å². The fourth-order valence-electron chi connectivity index (χ4n) is 0.728. The molecule has 13 heavy (non-hydrogen) atoms. The molecule has 0 atom stereocenters. The third-order valence-corrected chi connectivity index (χ3v) is 2.45. The van der Waals surface area contributed by atoms with Gasteiger partial charge in [0.2, 0.25) is 0 Å². The summed E-state index contributed by atoms with van der Waals surface area (Å²) >= 11 is 16.2. The molecule has 1 N–H and O–H groups in total. The number of carboxylic acid groups (broad SMARTS) is 1. The van der Waals surface area contributed by atoms with E-state index in [0.717, 1.165) is 6.07 Å². The van der Waals surface area contributed by atoms with E-state index in [4.69, 9.17) is 39.9 Å². The number of aromatic carboxylic acids is 1. The molecule has 1 aromatic rings. The number of benzene rings is 1. The van der Waals surface area contributed by atoms with Crippen LogP contribution < -0.4 is 0 Å². The molecule has 0 radical (unpaired) electrons. The zero-order valence-electron chi connectivity index (χ0n) is 5.94. The van der Waals surface area contributed by atoms with Crippen LogP contribution in [0.25, 0.3) is 0 Å². The van der Waals surface area contributed by atoms with Gasteiger partial charge < -0.3 is 5.11 Å². The Labute approximate surface area is 87.8 Å². The summed E-state index contributed by atoms with van der Waals surface area (Å²) in [6.07, 6.45) is 0. The van der Waals surface area contributed by atoms with Crippen molar-refractivity contribution in [1.29, 1.82) is 0 Å². The van der Waals surface area contributed by atoms with E-state index in [0.29, 0.717) is 0 Å². The zero-order chi connectivity index (χ0) is 10.2. The van der Waals surface area contributed by atoms with Gasteiger partial charge in [0.1, 0.15) is 0 Å². The minimum Gasteiger partial charge on any atom is -0.478 e. The molecule has 1 rings (SSSR count). The molecule has 0 unspecified atom stereocenters. The van der Waals surface area contributed by atoms with E-state index in [2.05, 4.69) is 0 Å². The molecular formula is C7H2Cl3FO2. The second-order valence-corrected chi connectivity index (χ2v) is 3.32. The molecule has 0 aromatic heterocycles. The maximum Gasteiger partial charge on any atom is 0.337 e. The molecule has 6 heteroatoms. The summed E-state index contributed by atoms with van der Waals surface area (Å²) in [5.74, 6) is -2.23. The van der Waals surface area contributed by atoms with E-state index in [-0.39, 0.29) is 15.6 Å². The predicted molar refractivity (Wildman–Crippen MR) is 48.4 cm³/mol. The zero-order valence-corrected chi connectivity index (χ0v) is 8.21. The first kappa shape index (κ1) is 10.6. The lowest BCUT2D eigenvalue weighted by Crippen LogP contribution is -1.99. The Hall–Kier alpha value is -0.510. The van der Waals surface area contributed by atoms with Gasteiger partial charge in [-0.1, -0.05) is 34.8 Å². The van der Waals surface area contributed by atoms with Crippen LogP contribution >= 0.6 is 34.8 Å². The van der Waals surface area contributed by atoms with Gasteiger partial charge in [0.05, 0.1) is 20.6 Å². The van der Waals surface area contributed by atoms with E-state index in [1.807, 2.05) is 0 Å². The normalized spacial score (nSPS) is 10.2. The van der Waals surface area contributed by atoms with Crippen LogP contribution in [0.4, 0.5) is 4.39 Å². The first-order valence-corrected chi connectivity index (χ1v) is 4.14. The number of carbonyl (C=O) groups is 1. The number of carboxylic acids is 1. The average Bonchev–Trinajstić information content (AvgIpc) is 2.07. The molecule has 1 aromatic carbocycles. The van der Waals surface area contributed by atoms with Gasteiger partial charge in [-0.2, -0.15) is 0 Å². The van der Waals surface area contributed by atoms with Crippen LogP contribution in [-0.4, -0.2) is 11.1 Å². The van der Waals surface area contributed by atoms with Gasteiger partial charge in [0.25, 0.3) is 0 Å². The fourth-order valence-corrected chi connectivity index (χ4v) is 1.40. The van der Waals surface area contributed by atoms with Gasteiger partial charge in [0.15, 0.2) is 5.82 Å². The molecule has 0 fully saturated rings. The number of halogens is 4. The smallest absolute Gasteiger partial charge is 0.337 e. The van der Waals surface area contributed by atoms with Gasteiger partial charge in [0, 0.05) is 0 Å². The highest BCUT2D eigenvalue weighted by Gasteiger charge is 2.18. The molecule has 0 aliphatic heterocycles. The highest BCUT2D eigenvalue weighted by Crippen LogP contribution is 2.33. The molecule has 0 bridgehead atoms. The maximum absolute atomic E-state index is 12.9. The van der Waals surface area contributed by atoms with Crippen molar-refractivity contribution in [3.05, 3.63) is 32.5 Å². The van der Waals surface area contributed by atoms with Crippen LogP contribution in [0.3, 0.4) is 0 Å². The second kappa shape index (κ2) is 3.70. The molecule has 0 aliphatic carbocycles. The lowest BCUT2D eigenvalue weighted by Gasteiger charge is -2.03. The monoisotopic (exact) mass is 242 g/mol. The molecule has 0 aliphatic rings. The number of hydrogen-bond donors (Lipinski definition) is 1. The maximum atomic E-state index is 12.9. The fraction of sp³-hybridized carbons (Fsp3) is 0. The third-order valence-electron chi connectivity index (χ3n) is 1.33. The van der Waals surface area contributed by atoms with Crippen LogP contribution in [-0.2, 0) is 0 Å². The lowest BCUT2D eigenvalue weighted by atomic mass is 10.2. The Balaban J connectivity index is 3.50. The number of rotatable bonds is 1. The first-order valence-electron chi connectivity index (χ1n) is 3.01. The summed E-state index contributed by atoms with van der Waals surface area (Å²) in [7, 11) is 0. The van der Waals surface area contributed by atoms with Crippen molar-refractivity contribution in [3.8, 4) is 0 Å². The highest BCUT2D eigenvalue weighted by atomic mass is 35.5. The van der Waals surface area contributed by atoms with Crippen molar-refractivity contribution in [1.82, 2.24) is 0 Å². The molecule has 0 saturated heterocycles. The Bertz CT molecular complexity index is 378. The van der Waals surface area contributed by atoms with E-state index in [9.17, 15) is 9.18 Å². The minimum atomic E-state index is -1.31. The van der Waals surface area contributed by atoms with Crippen LogP contribution in [0, 0.1) is 5.82 Å². The van der Waals surface area contributed by atoms with Crippen LogP contribution in [0.15, 0.2) is 6.07 Å². The first-order chi connectivity index (χ1) is 5.95. The standard InChI is InChI=1S/C7H2Cl3FO2/c8-3-1-2(7(12)13)4(9)5(10)6(3)11/h1H,(H,12,13). The molecule has 0 heterocycles. The SMILES string of the molecule is O=C(O)c1cc(Cl)c(F)c(Cl)c1Cl. The lowest BCUT2D eigenvalue weighted by molar-refractivity contribution is 0.0697. The van der Waals surface area contributed by atoms with Crippen molar-refractivity contribution < 1.29 is 14.3 Å². The van der Waals surface area contributed by atoms with Gasteiger partial charge >= 0.3 is 5.97 Å². The van der Waals surface area contributed by atoms with E-state index < -0.39 is 16.8 Å². The van der Waals surface area contributed by atoms with Crippen LogP contribution in [0.1, 0.15) is 10.4 Å². The molecule has 70 valence electrons. The van der Waals surface area contributed by atoms with Gasteiger partial charge in [-0.3, -0.25) is 0 Å². The Morgan fingerprint density at radius 1 is 1.31 bits per heavy atom. The van der Waals surface area contributed by atoms with Crippen molar-refractivity contribution in [2.24, 2.45) is 0 Å². The van der Waals surface area contributed by atoms with E-state index in [1.165, 1.54) is 0 Å². The third kappa shape index (κ3) is 1.88. The van der Waals surface area contributed by atoms with Crippen molar-refractivity contribution >= 4 is 40.8 Å². The highest BCUT2D eigenvalue weighted by molar-refractivity contribution is 6.45. The van der Waals surface area contributed by atoms with Crippen molar-refractivity contribution in [3.63, 3.8) is 0 Å². The summed E-state index contributed by atoms with van der Waals surface area (Å²) in [6, 6.07) is 0.910.